The maximum atomic E-state index is 9.78. The second-order valence-corrected chi connectivity index (χ2v) is 15.2. The zero-order valence-electron chi connectivity index (χ0n) is 30.0. The van der Waals surface area contributed by atoms with Gasteiger partial charge in [0.2, 0.25) is 0 Å². The summed E-state index contributed by atoms with van der Waals surface area (Å²) in [5.74, 6) is 1.43. The fourth-order valence-electron chi connectivity index (χ4n) is 8.11. The van der Waals surface area contributed by atoms with Gasteiger partial charge in [-0.25, -0.2) is 0 Å². The molecule has 1 aliphatic carbocycles. The minimum Gasteiger partial charge on any atom is -0.491 e. The lowest BCUT2D eigenvalue weighted by Crippen LogP contribution is -2.29. The van der Waals surface area contributed by atoms with Crippen molar-refractivity contribution >= 4 is 22.7 Å². The van der Waals surface area contributed by atoms with Crippen LogP contribution >= 0.6 is 22.7 Å². The number of benzene rings is 6. The highest BCUT2D eigenvalue weighted by atomic mass is 32.1. The van der Waals surface area contributed by atoms with Crippen LogP contribution in [0.1, 0.15) is 22.3 Å². The van der Waals surface area contributed by atoms with Gasteiger partial charge in [-0.1, -0.05) is 97.1 Å². The molecule has 0 saturated carbocycles. The molecule has 0 bridgehead atoms. The third kappa shape index (κ3) is 6.27. The minimum atomic E-state index is -0.777. The summed E-state index contributed by atoms with van der Waals surface area (Å²) in [6.07, 6.45) is 0. The van der Waals surface area contributed by atoms with Crippen LogP contribution in [0.4, 0.5) is 0 Å². The highest BCUT2D eigenvalue weighted by molar-refractivity contribution is 7.08. The summed E-state index contributed by atoms with van der Waals surface area (Å²) in [5, 5.41) is 28.2. The van der Waals surface area contributed by atoms with Crippen LogP contribution in [0.3, 0.4) is 0 Å². The van der Waals surface area contributed by atoms with E-state index >= 15 is 0 Å². The van der Waals surface area contributed by atoms with E-state index in [2.05, 4.69) is 131 Å². The van der Waals surface area contributed by atoms with Crippen molar-refractivity contribution in [3.05, 3.63) is 189 Å². The molecule has 0 fully saturated rings. The molecule has 0 unspecified atom stereocenters. The summed E-state index contributed by atoms with van der Waals surface area (Å²) in [6, 6.07) is 52.0. The Kier molecular flexibility index (Phi) is 9.65. The Morgan fingerprint density at radius 3 is 1.27 bits per heavy atom. The SMILES string of the molecule is OCCOc1ccc(C2(c3ccc(OCCO)c(-c4ccccc4)c3)c3cc(-c4ccsc4)ccc3-c3ccc(-c4ccsc4)cc32)cc1-c1ccccc1. The summed E-state index contributed by atoms with van der Waals surface area (Å²) < 4.78 is 12.4. The molecule has 0 radical (unpaired) electrons. The summed E-state index contributed by atoms with van der Waals surface area (Å²) in [5.41, 5.74) is 14.8. The highest BCUT2D eigenvalue weighted by Gasteiger charge is 2.47. The number of hydrogen-bond acceptors (Lipinski definition) is 6. The van der Waals surface area contributed by atoms with Crippen LogP contribution in [0, 0.1) is 0 Å². The lowest BCUT2D eigenvalue weighted by Gasteiger charge is -2.35. The third-order valence-electron chi connectivity index (χ3n) is 10.5. The first-order valence-corrected chi connectivity index (χ1v) is 20.3. The van der Waals surface area contributed by atoms with E-state index in [-0.39, 0.29) is 26.4 Å². The van der Waals surface area contributed by atoms with E-state index in [0.717, 1.165) is 56.0 Å². The number of fused-ring (bicyclic) bond motifs is 3. The van der Waals surface area contributed by atoms with Gasteiger partial charge in [0.1, 0.15) is 24.7 Å². The Bertz CT molecular complexity index is 2380. The van der Waals surface area contributed by atoms with E-state index in [9.17, 15) is 10.2 Å². The topological polar surface area (TPSA) is 58.9 Å². The fourth-order valence-corrected chi connectivity index (χ4v) is 9.44. The Hall–Kier alpha value is -5.76. The molecule has 9 rings (SSSR count). The lowest BCUT2D eigenvalue weighted by atomic mass is 9.66. The summed E-state index contributed by atoms with van der Waals surface area (Å²) in [6.45, 7) is 0.230. The number of aliphatic hydroxyl groups is 2. The van der Waals surface area contributed by atoms with E-state index in [1.807, 2.05) is 36.4 Å². The Labute approximate surface area is 329 Å². The van der Waals surface area contributed by atoms with Crippen molar-refractivity contribution in [3.63, 3.8) is 0 Å². The van der Waals surface area contributed by atoms with Gasteiger partial charge in [-0.2, -0.15) is 22.7 Å². The molecule has 6 aromatic carbocycles. The number of ether oxygens (including phenoxy) is 2. The van der Waals surface area contributed by atoms with Crippen molar-refractivity contribution in [3.8, 4) is 67.1 Å². The molecular formula is C49H38O4S2. The first-order valence-electron chi connectivity index (χ1n) is 18.4. The first-order chi connectivity index (χ1) is 27.2. The van der Waals surface area contributed by atoms with Gasteiger partial charge in [0, 0.05) is 11.1 Å². The van der Waals surface area contributed by atoms with Crippen molar-refractivity contribution < 1.29 is 19.7 Å². The normalized spacial score (nSPS) is 12.6. The predicted molar refractivity (Wildman–Crippen MR) is 226 cm³/mol. The van der Waals surface area contributed by atoms with Gasteiger partial charge in [0.15, 0.2) is 0 Å². The molecule has 0 atom stereocenters. The number of hydrogen-bond donors (Lipinski definition) is 2. The van der Waals surface area contributed by atoms with Crippen LogP contribution in [0.25, 0.3) is 55.6 Å². The average Bonchev–Trinajstić information content (AvgIpc) is 4.04. The van der Waals surface area contributed by atoms with Crippen LogP contribution in [0.5, 0.6) is 11.5 Å². The molecule has 2 heterocycles. The second kappa shape index (κ2) is 15.2. The lowest BCUT2D eigenvalue weighted by molar-refractivity contribution is 0.202. The molecule has 2 N–H and O–H groups in total. The molecule has 270 valence electrons. The quantitative estimate of drug-likeness (QED) is 0.130. The van der Waals surface area contributed by atoms with Gasteiger partial charge in [-0.05, 0) is 137 Å². The zero-order chi connectivity index (χ0) is 37.2. The monoisotopic (exact) mass is 754 g/mol. The van der Waals surface area contributed by atoms with Crippen molar-refractivity contribution in [1.29, 1.82) is 0 Å². The molecule has 0 amide bonds. The van der Waals surface area contributed by atoms with Gasteiger partial charge < -0.3 is 19.7 Å². The first kappa shape index (κ1) is 35.0. The molecule has 6 heteroatoms. The third-order valence-corrected chi connectivity index (χ3v) is 11.9. The van der Waals surface area contributed by atoms with Crippen molar-refractivity contribution in [1.82, 2.24) is 0 Å². The van der Waals surface area contributed by atoms with Crippen LogP contribution in [-0.2, 0) is 5.41 Å². The van der Waals surface area contributed by atoms with E-state index in [1.165, 1.54) is 33.4 Å². The summed E-state index contributed by atoms with van der Waals surface area (Å²) >= 11 is 3.40. The van der Waals surface area contributed by atoms with E-state index in [4.69, 9.17) is 9.47 Å². The number of thiophene rings is 2. The van der Waals surface area contributed by atoms with Crippen LogP contribution in [0.2, 0.25) is 0 Å². The van der Waals surface area contributed by atoms with Gasteiger partial charge in [0.05, 0.1) is 18.6 Å². The summed E-state index contributed by atoms with van der Waals surface area (Å²) in [7, 11) is 0. The molecule has 0 aliphatic heterocycles. The zero-order valence-corrected chi connectivity index (χ0v) is 31.7. The molecule has 55 heavy (non-hydrogen) atoms. The molecule has 0 spiro atoms. The van der Waals surface area contributed by atoms with Crippen LogP contribution < -0.4 is 9.47 Å². The molecular weight excluding hydrogens is 717 g/mol. The Morgan fingerprint density at radius 2 is 0.873 bits per heavy atom. The fraction of sp³-hybridized carbons (Fsp3) is 0.102. The molecule has 4 nitrogen and oxygen atoms in total. The predicted octanol–water partition coefficient (Wildman–Crippen LogP) is 11.6. The van der Waals surface area contributed by atoms with Gasteiger partial charge in [-0.3, -0.25) is 0 Å². The smallest absolute Gasteiger partial charge is 0.127 e. The molecule has 2 aromatic heterocycles. The van der Waals surface area contributed by atoms with Crippen molar-refractivity contribution in [2.75, 3.05) is 26.4 Å². The van der Waals surface area contributed by atoms with E-state index in [1.54, 1.807) is 22.7 Å². The molecule has 1 aliphatic rings. The maximum Gasteiger partial charge on any atom is 0.127 e. The Balaban J connectivity index is 1.41. The van der Waals surface area contributed by atoms with E-state index < -0.39 is 5.41 Å². The van der Waals surface area contributed by atoms with Gasteiger partial charge >= 0.3 is 0 Å². The minimum absolute atomic E-state index is 0.0790. The standard InChI is InChI=1S/C49H38O4S2/c50-21-23-52-47-17-13-39(29-43(47)33-7-3-1-4-8-33)49(40-14-18-48(53-24-22-51)44(30-40)34-9-5-2-6-10-34)45-27-35(37-19-25-54-31-37)11-15-41(45)42-16-12-36(28-46(42)49)38-20-26-55-32-38/h1-20,25-32,50-51H,21-24H2. The largest absolute Gasteiger partial charge is 0.491 e. The van der Waals surface area contributed by atoms with Crippen LogP contribution in [-0.4, -0.2) is 36.6 Å². The summed E-state index contributed by atoms with van der Waals surface area (Å²) in [4.78, 5) is 0. The number of aliphatic hydroxyl groups excluding tert-OH is 2. The molecule has 8 aromatic rings. The van der Waals surface area contributed by atoms with E-state index in [0.29, 0.717) is 0 Å². The maximum absolute atomic E-state index is 9.78. The van der Waals surface area contributed by atoms with Crippen LogP contribution in [0.15, 0.2) is 167 Å². The van der Waals surface area contributed by atoms with Gasteiger partial charge in [-0.15, -0.1) is 0 Å². The van der Waals surface area contributed by atoms with Crippen molar-refractivity contribution in [2.45, 2.75) is 5.41 Å². The second-order valence-electron chi connectivity index (χ2n) is 13.6. The highest BCUT2D eigenvalue weighted by Crippen LogP contribution is 2.59. The molecule has 0 saturated heterocycles. The average molecular weight is 755 g/mol. The van der Waals surface area contributed by atoms with Gasteiger partial charge in [0.25, 0.3) is 0 Å². The van der Waals surface area contributed by atoms with Crippen molar-refractivity contribution in [2.24, 2.45) is 0 Å². The number of rotatable bonds is 12. The Morgan fingerprint density at radius 1 is 0.418 bits per heavy atom.